The average molecular weight is 393 g/mol. The van der Waals surface area contributed by atoms with Gasteiger partial charge in [0.2, 0.25) is 0 Å². The second-order valence-corrected chi connectivity index (χ2v) is 5.87. The third-order valence-corrected chi connectivity index (χ3v) is 3.80. The fraction of sp³-hybridized carbons (Fsp3) is 0.350. The first-order valence-corrected chi connectivity index (χ1v) is 8.99. The summed E-state index contributed by atoms with van der Waals surface area (Å²) in [6.45, 7) is 3.76. The fourth-order valence-corrected chi connectivity index (χ4v) is 2.44. The van der Waals surface area contributed by atoms with Gasteiger partial charge in [-0.3, -0.25) is 4.99 Å². The first-order chi connectivity index (χ1) is 13.5. The predicted octanol–water partition coefficient (Wildman–Crippen LogP) is 2.86. The number of rotatable bonds is 9. The molecular formula is C20H25F2N3O3. The summed E-state index contributed by atoms with van der Waals surface area (Å²) < 4.78 is 36.8. The van der Waals surface area contributed by atoms with Crippen molar-refractivity contribution in [2.45, 2.75) is 13.3 Å². The SMILES string of the molecule is CCNC(=NCCc1ccc(O)c(OC)c1)NCCOc1ccc(F)cc1F. The molecule has 0 bridgehead atoms. The molecule has 2 aromatic carbocycles. The minimum atomic E-state index is -0.732. The van der Waals surface area contributed by atoms with Gasteiger partial charge >= 0.3 is 0 Å². The third-order valence-electron chi connectivity index (χ3n) is 3.80. The standard InChI is InChI=1S/C20H25F2N3O3/c1-3-23-20(24-9-8-14-4-6-17(26)19(12-14)27-2)25-10-11-28-18-7-5-15(21)13-16(18)22/h4-7,12-13,26H,3,8-11H2,1-2H3,(H2,23,24,25). The highest BCUT2D eigenvalue weighted by atomic mass is 19.1. The lowest BCUT2D eigenvalue weighted by atomic mass is 10.1. The summed E-state index contributed by atoms with van der Waals surface area (Å²) in [4.78, 5) is 4.47. The molecule has 0 unspecified atom stereocenters. The number of hydrogen-bond acceptors (Lipinski definition) is 4. The summed E-state index contributed by atoms with van der Waals surface area (Å²) in [5.74, 6) is -0.234. The van der Waals surface area contributed by atoms with Gasteiger partial charge in [-0.05, 0) is 43.2 Å². The Labute approximate surface area is 163 Å². The summed E-state index contributed by atoms with van der Waals surface area (Å²) in [5, 5.41) is 15.8. The van der Waals surface area contributed by atoms with Crippen LogP contribution in [0.1, 0.15) is 12.5 Å². The number of nitrogens with one attached hydrogen (secondary N) is 2. The van der Waals surface area contributed by atoms with E-state index in [1.54, 1.807) is 12.1 Å². The zero-order chi connectivity index (χ0) is 20.4. The van der Waals surface area contributed by atoms with E-state index < -0.39 is 11.6 Å². The molecular weight excluding hydrogens is 368 g/mol. The van der Waals surface area contributed by atoms with Crippen LogP contribution >= 0.6 is 0 Å². The van der Waals surface area contributed by atoms with Gasteiger partial charge in [0.1, 0.15) is 12.4 Å². The number of nitrogens with zero attached hydrogens (tertiary/aromatic N) is 1. The number of guanidine groups is 1. The Morgan fingerprint density at radius 2 is 1.93 bits per heavy atom. The van der Waals surface area contributed by atoms with Crippen LogP contribution in [0.25, 0.3) is 0 Å². The summed E-state index contributed by atoms with van der Waals surface area (Å²) in [5.41, 5.74) is 0.990. The van der Waals surface area contributed by atoms with Gasteiger partial charge in [0.05, 0.1) is 13.7 Å². The van der Waals surface area contributed by atoms with Gasteiger partial charge in [-0.15, -0.1) is 0 Å². The average Bonchev–Trinajstić information content (AvgIpc) is 2.67. The quantitative estimate of drug-likeness (QED) is 0.347. The normalized spacial score (nSPS) is 11.2. The molecule has 0 aliphatic rings. The summed E-state index contributed by atoms with van der Waals surface area (Å²) in [6, 6.07) is 8.38. The molecule has 0 aliphatic carbocycles. The number of aromatic hydroxyl groups is 1. The van der Waals surface area contributed by atoms with E-state index >= 15 is 0 Å². The van der Waals surface area contributed by atoms with Crippen molar-refractivity contribution in [1.29, 1.82) is 0 Å². The van der Waals surface area contributed by atoms with E-state index in [4.69, 9.17) is 9.47 Å². The number of halogens is 2. The maximum absolute atomic E-state index is 13.5. The second-order valence-electron chi connectivity index (χ2n) is 5.87. The van der Waals surface area contributed by atoms with E-state index in [1.807, 2.05) is 13.0 Å². The highest BCUT2D eigenvalue weighted by Crippen LogP contribution is 2.26. The second kappa shape index (κ2) is 11.0. The molecule has 0 fully saturated rings. The molecule has 0 saturated heterocycles. The minimum Gasteiger partial charge on any atom is -0.504 e. The minimum absolute atomic E-state index is 0.00594. The first-order valence-electron chi connectivity index (χ1n) is 8.99. The lowest BCUT2D eigenvalue weighted by molar-refractivity contribution is 0.304. The van der Waals surface area contributed by atoms with E-state index in [9.17, 15) is 13.9 Å². The van der Waals surface area contributed by atoms with E-state index in [0.717, 1.165) is 17.7 Å². The van der Waals surface area contributed by atoms with Crippen molar-refractivity contribution < 1.29 is 23.4 Å². The van der Waals surface area contributed by atoms with Crippen LogP contribution in [-0.2, 0) is 6.42 Å². The van der Waals surface area contributed by atoms with Crippen molar-refractivity contribution in [1.82, 2.24) is 10.6 Å². The zero-order valence-electron chi connectivity index (χ0n) is 16.0. The van der Waals surface area contributed by atoms with Gasteiger partial charge < -0.3 is 25.2 Å². The monoisotopic (exact) mass is 393 g/mol. The topological polar surface area (TPSA) is 75.1 Å². The smallest absolute Gasteiger partial charge is 0.191 e. The van der Waals surface area contributed by atoms with Crippen molar-refractivity contribution in [3.05, 3.63) is 53.6 Å². The lowest BCUT2D eigenvalue weighted by Gasteiger charge is -2.12. The molecule has 0 spiro atoms. The van der Waals surface area contributed by atoms with Crippen LogP contribution in [0.4, 0.5) is 8.78 Å². The van der Waals surface area contributed by atoms with E-state index in [2.05, 4.69) is 15.6 Å². The maximum atomic E-state index is 13.5. The van der Waals surface area contributed by atoms with Gasteiger partial charge in [-0.2, -0.15) is 0 Å². The molecule has 0 atom stereocenters. The van der Waals surface area contributed by atoms with E-state index in [1.165, 1.54) is 13.2 Å². The van der Waals surface area contributed by atoms with Crippen molar-refractivity contribution >= 4 is 5.96 Å². The van der Waals surface area contributed by atoms with Crippen LogP contribution < -0.4 is 20.1 Å². The summed E-state index contributed by atoms with van der Waals surface area (Å²) in [6.07, 6.45) is 0.671. The predicted molar refractivity (Wildman–Crippen MR) is 104 cm³/mol. The molecule has 0 aliphatic heterocycles. The summed E-state index contributed by atoms with van der Waals surface area (Å²) in [7, 11) is 1.50. The Kier molecular flexibility index (Phi) is 8.33. The van der Waals surface area contributed by atoms with Crippen molar-refractivity contribution in [3.8, 4) is 17.2 Å². The molecule has 28 heavy (non-hydrogen) atoms. The number of benzene rings is 2. The Hall–Kier alpha value is -3.03. The molecule has 0 radical (unpaired) electrons. The Bertz CT molecular complexity index is 800. The summed E-state index contributed by atoms with van der Waals surface area (Å²) >= 11 is 0. The largest absolute Gasteiger partial charge is 0.504 e. The van der Waals surface area contributed by atoms with Crippen LogP contribution in [0.15, 0.2) is 41.4 Å². The Morgan fingerprint density at radius 3 is 2.64 bits per heavy atom. The molecule has 152 valence electrons. The Morgan fingerprint density at radius 1 is 1.11 bits per heavy atom. The number of ether oxygens (including phenoxy) is 2. The third kappa shape index (κ3) is 6.61. The van der Waals surface area contributed by atoms with Gasteiger partial charge in [0.25, 0.3) is 0 Å². The van der Waals surface area contributed by atoms with Crippen LogP contribution in [0, 0.1) is 11.6 Å². The van der Waals surface area contributed by atoms with E-state index in [0.29, 0.717) is 37.8 Å². The lowest BCUT2D eigenvalue weighted by Crippen LogP contribution is -2.39. The van der Waals surface area contributed by atoms with Gasteiger partial charge in [0, 0.05) is 19.2 Å². The number of aliphatic imine (C=N–C) groups is 1. The molecule has 6 nitrogen and oxygen atoms in total. The van der Waals surface area contributed by atoms with Crippen LogP contribution in [-0.4, -0.2) is 44.4 Å². The number of phenolic OH excluding ortho intramolecular Hbond substituents is 1. The molecule has 0 saturated carbocycles. The number of hydrogen-bond donors (Lipinski definition) is 3. The fourth-order valence-electron chi connectivity index (χ4n) is 2.44. The molecule has 0 amide bonds. The van der Waals surface area contributed by atoms with Crippen LogP contribution in [0.3, 0.4) is 0 Å². The molecule has 0 heterocycles. The molecule has 0 aromatic heterocycles. The first kappa shape index (κ1) is 21.3. The maximum Gasteiger partial charge on any atom is 0.191 e. The highest BCUT2D eigenvalue weighted by Gasteiger charge is 2.05. The van der Waals surface area contributed by atoms with Crippen molar-refractivity contribution in [3.63, 3.8) is 0 Å². The van der Waals surface area contributed by atoms with Crippen LogP contribution in [0.5, 0.6) is 17.2 Å². The van der Waals surface area contributed by atoms with Crippen molar-refractivity contribution in [2.24, 2.45) is 4.99 Å². The van der Waals surface area contributed by atoms with Crippen molar-refractivity contribution in [2.75, 3.05) is 33.4 Å². The van der Waals surface area contributed by atoms with E-state index in [-0.39, 0.29) is 18.1 Å². The van der Waals surface area contributed by atoms with Gasteiger partial charge in [-0.25, -0.2) is 8.78 Å². The molecule has 3 N–H and O–H groups in total. The van der Waals surface area contributed by atoms with Gasteiger partial charge in [0.15, 0.2) is 29.0 Å². The Balaban J connectivity index is 1.81. The molecule has 2 aromatic rings. The highest BCUT2D eigenvalue weighted by molar-refractivity contribution is 5.79. The van der Waals surface area contributed by atoms with Crippen LogP contribution in [0.2, 0.25) is 0 Å². The number of methoxy groups -OCH3 is 1. The zero-order valence-corrected chi connectivity index (χ0v) is 16.0. The molecule has 2 rings (SSSR count). The number of phenols is 1. The molecule has 8 heteroatoms. The van der Waals surface area contributed by atoms with Gasteiger partial charge in [-0.1, -0.05) is 6.07 Å².